The second kappa shape index (κ2) is 4.28. The maximum atomic E-state index is 11.0. The molecule has 0 saturated heterocycles. The first-order valence-electron chi connectivity index (χ1n) is 5.67. The van der Waals surface area contributed by atoms with E-state index >= 15 is 0 Å². The maximum absolute atomic E-state index is 11.0. The van der Waals surface area contributed by atoms with Gasteiger partial charge in [-0.3, -0.25) is 4.79 Å². The zero-order valence-electron chi connectivity index (χ0n) is 9.77. The molecule has 92 valence electrons. The monoisotopic (exact) mass is 236 g/mol. The number of hydrogen-bond donors (Lipinski definition) is 2. The van der Waals surface area contributed by atoms with Gasteiger partial charge in [0, 0.05) is 17.0 Å². The van der Waals surface area contributed by atoms with Crippen molar-refractivity contribution in [3.63, 3.8) is 0 Å². The number of carbonyl (C=O) groups is 1. The summed E-state index contributed by atoms with van der Waals surface area (Å²) in [4.78, 5) is 11.0. The highest BCUT2D eigenvalue weighted by molar-refractivity contribution is 5.70. The third-order valence-corrected chi connectivity index (χ3v) is 3.56. The molecule has 0 spiro atoms. The summed E-state index contributed by atoms with van der Waals surface area (Å²) in [6, 6.07) is 4.90. The highest BCUT2D eigenvalue weighted by Crippen LogP contribution is 2.50. The van der Waals surface area contributed by atoms with Crippen LogP contribution in [0, 0.1) is 0 Å². The summed E-state index contributed by atoms with van der Waals surface area (Å²) in [5.74, 6) is -0.0822. The van der Waals surface area contributed by atoms with Gasteiger partial charge in [0.2, 0.25) is 0 Å². The Labute approximate surface area is 99.8 Å². The van der Waals surface area contributed by atoms with Gasteiger partial charge in [0.05, 0.1) is 13.5 Å². The fourth-order valence-corrected chi connectivity index (χ4v) is 2.55. The summed E-state index contributed by atoms with van der Waals surface area (Å²) >= 11 is 0. The standard InChI is InChI=1S/C13H16O4/c1-17-11-7-9(14)3-4-10(11)13(5-2-6-13)8-12(15)16/h3-4,7,14H,2,5-6,8H2,1H3,(H,15,16). The van der Waals surface area contributed by atoms with Crippen molar-refractivity contribution in [2.45, 2.75) is 31.1 Å². The number of hydrogen-bond acceptors (Lipinski definition) is 3. The van der Waals surface area contributed by atoms with Crippen LogP contribution in [0.5, 0.6) is 11.5 Å². The first kappa shape index (κ1) is 11.8. The number of carboxylic acid groups (broad SMARTS) is 1. The fraction of sp³-hybridized carbons (Fsp3) is 0.462. The van der Waals surface area contributed by atoms with E-state index in [4.69, 9.17) is 9.84 Å². The first-order valence-corrected chi connectivity index (χ1v) is 5.67. The van der Waals surface area contributed by atoms with Gasteiger partial charge in [0.15, 0.2) is 0 Å². The molecule has 0 aromatic heterocycles. The predicted molar refractivity (Wildman–Crippen MR) is 62.4 cm³/mol. The van der Waals surface area contributed by atoms with Crippen molar-refractivity contribution in [3.05, 3.63) is 23.8 Å². The molecule has 1 aromatic rings. The van der Waals surface area contributed by atoms with E-state index < -0.39 is 5.97 Å². The molecule has 1 aliphatic carbocycles. The van der Waals surface area contributed by atoms with Crippen molar-refractivity contribution in [3.8, 4) is 11.5 Å². The van der Waals surface area contributed by atoms with Gasteiger partial charge in [0.25, 0.3) is 0 Å². The van der Waals surface area contributed by atoms with E-state index in [0.717, 1.165) is 24.8 Å². The largest absolute Gasteiger partial charge is 0.508 e. The van der Waals surface area contributed by atoms with E-state index in [0.29, 0.717) is 5.75 Å². The zero-order chi connectivity index (χ0) is 12.5. The molecular formula is C13H16O4. The van der Waals surface area contributed by atoms with Crippen molar-refractivity contribution >= 4 is 5.97 Å². The van der Waals surface area contributed by atoms with Gasteiger partial charge in [-0.2, -0.15) is 0 Å². The SMILES string of the molecule is COc1cc(O)ccc1C1(CC(=O)O)CCC1. The molecule has 0 radical (unpaired) electrons. The number of aliphatic carboxylic acids is 1. The van der Waals surface area contributed by atoms with Crippen molar-refractivity contribution in [1.82, 2.24) is 0 Å². The van der Waals surface area contributed by atoms with E-state index in [1.807, 2.05) is 0 Å². The highest BCUT2D eigenvalue weighted by Gasteiger charge is 2.42. The van der Waals surface area contributed by atoms with Gasteiger partial charge in [-0.05, 0) is 18.9 Å². The topological polar surface area (TPSA) is 66.8 Å². The zero-order valence-corrected chi connectivity index (χ0v) is 9.77. The van der Waals surface area contributed by atoms with Crippen molar-refractivity contribution in [2.24, 2.45) is 0 Å². The van der Waals surface area contributed by atoms with Crippen molar-refractivity contribution < 1.29 is 19.7 Å². The van der Waals surface area contributed by atoms with E-state index in [-0.39, 0.29) is 17.6 Å². The Morgan fingerprint density at radius 3 is 2.65 bits per heavy atom. The lowest BCUT2D eigenvalue weighted by atomic mass is 9.62. The van der Waals surface area contributed by atoms with E-state index in [1.165, 1.54) is 13.2 Å². The second-order valence-corrected chi connectivity index (χ2v) is 4.59. The first-order chi connectivity index (χ1) is 8.07. The Balaban J connectivity index is 2.40. The van der Waals surface area contributed by atoms with Crippen LogP contribution in [0.15, 0.2) is 18.2 Å². The van der Waals surface area contributed by atoms with Crippen LogP contribution < -0.4 is 4.74 Å². The van der Waals surface area contributed by atoms with Crippen LogP contribution in [0.2, 0.25) is 0 Å². The predicted octanol–water partition coefficient (Wildman–Crippen LogP) is 2.30. The number of methoxy groups -OCH3 is 1. The van der Waals surface area contributed by atoms with Crippen LogP contribution >= 0.6 is 0 Å². The number of benzene rings is 1. The lowest BCUT2D eigenvalue weighted by Crippen LogP contribution is -2.36. The normalized spacial score (nSPS) is 17.2. The number of ether oxygens (including phenoxy) is 1. The van der Waals surface area contributed by atoms with Crippen LogP contribution in [-0.4, -0.2) is 23.3 Å². The van der Waals surface area contributed by atoms with E-state index in [2.05, 4.69) is 0 Å². The molecule has 0 heterocycles. The Morgan fingerprint density at radius 2 is 2.18 bits per heavy atom. The highest BCUT2D eigenvalue weighted by atomic mass is 16.5. The Morgan fingerprint density at radius 1 is 1.47 bits per heavy atom. The lowest BCUT2D eigenvalue weighted by Gasteiger charge is -2.42. The van der Waals surface area contributed by atoms with Gasteiger partial charge in [-0.25, -0.2) is 0 Å². The van der Waals surface area contributed by atoms with Gasteiger partial charge < -0.3 is 14.9 Å². The molecule has 2 rings (SSSR count). The average Bonchev–Trinajstić information content (AvgIpc) is 2.23. The molecule has 1 aliphatic rings. The van der Waals surface area contributed by atoms with Crippen molar-refractivity contribution in [1.29, 1.82) is 0 Å². The number of phenolic OH excluding ortho intramolecular Hbond substituents is 1. The minimum Gasteiger partial charge on any atom is -0.508 e. The smallest absolute Gasteiger partial charge is 0.304 e. The number of aromatic hydroxyl groups is 1. The summed E-state index contributed by atoms with van der Waals surface area (Å²) in [6.45, 7) is 0. The number of phenols is 1. The van der Waals surface area contributed by atoms with E-state index in [1.54, 1.807) is 12.1 Å². The van der Waals surface area contributed by atoms with Crippen LogP contribution in [0.1, 0.15) is 31.2 Å². The molecule has 0 unspecified atom stereocenters. The van der Waals surface area contributed by atoms with Crippen LogP contribution in [0.3, 0.4) is 0 Å². The Kier molecular flexibility index (Phi) is 2.96. The van der Waals surface area contributed by atoms with E-state index in [9.17, 15) is 9.90 Å². The summed E-state index contributed by atoms with van der Waals surface area (Å²) in [5, 5.41) is 18.4. The molecule has 0 bridgehead atoms. The minimum atomic E-state index is -0.792. The molecule has 2 N–H and O–H groups in total. The second-order valence-electron chi connectivity index (χ2n) is 4.59. The summed E-state index contributed by atoms with van der Waals surface area (Å²) in [5.41, 5.74) is 0.580. The molecular weight excluding hydrogens is 220 g/mol. The molecule has 4 heteroatoms. The molecule has 17 heavy (non-hydrogen) atoms. The Bertz CT molecular complexity index is 435. The third-order valence-electron chi connectivity index (χ3n) is 3.56. The Hall–Kier alpha value is -1.71. The minimum absolute atomic E-state index is 0.119. The van der Waals surface area contributed by atoms with Crippen LogP contribution in [0.4, 0.5) is 0 Å². The molecule has 1 aromatic carbocycles. The van der Waals surface area contributed by atoms with Crippen LogP contribution in [-0.2, 0) is 10.2 Å². The summed E-state index contributed by atoms with van der Waals surface area (Å²) in [6.07, 6.45) is 2.88. The molecule has 0 atom stereocenters. The molecule has 1 fully saturated rings. The van der Waals surface area contributed by atoms with Crippen molar-refractivity contribution in [2.75, 3.05) is 7.11 Å². The lowest BCUT2D eigenvalue weighted by molar-refractivity contribution is -0.139. The maximum Gasteiger partial charge on any atom is 0.304 e. The number of rotatable bonds is 4. The molecule has 0 aliphatic heterocycles. The quantitative estimate of drug-likeness (QED) is 0.841. The third kappa shape index (κ3) is 2.07. The van der Waals surface area contributed by atoms with Crippen LogP contribution in [0.25, 0.3) is 0 Å². The average molecular weight is 236 g/mol. The number of carboxylic acids is 1. The molecule has 0 amide bonds. The van der Waals surface area contributed by atoms with Gasteiger partial charge in [-0.15, -0.1) is 0 Å². The van der Waals surface area contributed by atoms with Gasteiger partial charge in [-0.1, -0.05) is 12.5 Å². The van der Waals surface area contributed by atoms with Gasteiger partial charge >= 0.3 is 5.97 Å². The molecule has 4 nitrogen and oxygen atoms in total. The summed E-state index contributed by atoms with van der Waals surface area (Å²) < 4.78 is 5.24. The summed E-state index contributed by atoms with van der Waals surface area (Å²) in [7, 11) is 1.53. The fourth-order valence-electron chi connectivity index (χ4n) is 2.55. The molecule has 1 saturated carbocycles. The van der Waals surface area contributed by atoms with Gasteiger partial charge in [0.1, 0.15) is 11.5 Å².